The number of thiophene rings is 1. The Hall–Kier alpha value is -1.26. The standard InChI is InChI=1S/C13H11NOS2/c1-7(15)11-12-8-4-2-3-5-9(8)16-6-10(12)17-13(11)14/h2-5H,6,14H2,1H3. The lowest BCUT2D eigenvalue weighted by molar-refractivity contribution is 0.101. The van der Waals surface area contributed by atoms with Crippen molar-refractivity contribution in [3.05, 3.63) is 34.7 Å². The minimum Gasteiger partial charge on any atom is -0.390 e. The molecule has 1 aromatic carbocycles. The van der Waals surface area contributed by atoms with E-state index in [0.717, 1.165) is 16.9 Å². The Kier molecular flexibility index (Phi) is 2.49. The molecule has 86 valence electrons. The molecule has 17 heavy (non-hydrogen) atoms. The van der Waals surface area contributed by atoms with Gasteiger partial charge in [0.1, 0.15) is 0 Å². The zero-order valence-corrected chi connectivity index (χ0v) is 11.0. The fourth-order valence-corrected chi connectivity index (χ4v) is 4.45. The van der Waals surface area contributed by atoms with Crippen LogP contribution in [0.5, 0.6) is 0 Å². The highest BCUT2D eigenvalue weighted by molar-refractivity contribution is 7.98. The van der Waals surface area contributed by atoms with E-state index in [0.29, 0.717) is 10.6 Å². The number of fused-ring (bicyclic) bond motifs is 3. The van der Waals surface area contributed by atoms with Gasteiger partial charge in [-0.2, -0.15) is 0 Å². The predicted octanol–water partition coefficient (Wildman–Crippen LogP) is 3.81. The van der Waals surface area contributed by atoms with E-state index in [1.807, 2.05) is 23.9 Å². The first kappa shape index (κ1) is 10.9. The number of ketones is 1. The monoisotopic (exact) mass is 261 g/mol. The molecule has 0 spiro atoms. The number of Topliss-reactive ketones (excluding diaryl/α,β-unsaturated/α-hetero) is 1. The molecule has 0 saturated carbocycles. The lowest BCUT2D eigenvalue weighted by atomic mass is 9.99. The van der Waals surface area contributed by atoms with Gasteiger partial charge in [-0.15, -0.1) is 23.1 Å². The maximum atomic E-state index is 11.7. The summed E-state index contributed by atoms with van der Waals surface area (Å²) in [5.41, 5.74) is 8.89. The number of carbonyl (C=O) groups is 1. The van der Waals surface area contributed by atoms with Crippen LogP contribution < -0.4 is 5.73 Å². The molecular weight excluding hydrogens is 250 g/mol. The van der Waals surface area contributed by atoms with Gasteiger partial charge in [0.05, 0.1) is 10.6 Å². The molecule has 0 saturated heterocycles. The fraction of sp³-hybridized carbons (Fsp3) is 0.154. The summed E-state index contributed by atoms with van der Waals surface area (Å²) in [5.74, 6) is 0.968. The van der Waals surface area contributed by atoms with E-state index in [4.69, 9.17) is 5.73 Å². The number of nitrogens with two attached hydrogens (primary N) is 1. The largest absolute Gasteiger partial charge is 0.390 e. The van der Waals surface area contributed by atoms with Crippen LogP contribution in [0.3, 0.4) is 0 Å². The van der Waals surface area contributed by atoms with Crippen molar-refractivity contribution >= 4 is 33.9 Å². The Morgan fingerprint density at radius 1 is 1.35 bits per heavy atom. The summed E-state index contributed by atoms with van der Waals surface area (Å²) in [6, 6.07) is 8.20. The van der Waals surface area contributed by atoms with Gasteiger partial charge in [0.15, 0.2) is 5.78 Å². The number of hydrogen-bond donors (Lipinski definition) is 1. The average Bonchev–Trinajstić information content (AvgIpc) is 2.65. The first-order valence-corrected chi connectivity index (χ1v) is 7.13. The molecule has 0 amide bonds. The molecule has 0 atom stereocenters. The molecule has 0 radical (unpaired) electrons. The van der Waals surface area contributed by atoms with Gasteiger partial charge >= 0.3 is 0 Å². The average molecular weight is 261 g/mol. The number of hydrogen-bond acceptors (Lipinski definition) is 4. The molecule has 2 nitrogen and oxygen atoms in total. The molecular formula is C13H11NOS2. The summed E-state index contributed by atoms with van der Waals surface area (Å²) in [5, 5.41) is 0.653. The van der Waals surface area contributed by atoms with E-state index < -0.39 is 0 Å². The number of benzene rings is 1. The lowest BCUT2D eigenvalue weighted by Crippen LogP contribution is -2.00. The summed E-state index contributed by atoms with van der Waals surface area (Å²) in [4.78, 5) is 14.2. The van der Waals surface area contributed by atoms with Gasteiger partial charge < -0.3 is 5.73 Å². The van der Waals surface area contributed by atoms with Gasteiger partial charge in [-0.1, -0.05) is 18.2 Å². The minimum absolute atomic E-state index is 0.0571. The van der Waals surface area contributed by atoms with Crippen molar-refractivity contribution in [3.8, 4) is 11.1 Å². The second-order valence-corrected chi connectivity index (χ2v) is 6.13. The molecule has 1 aromatic heterocycles. The van der Waals surface area contributed by atoms with Gasteiger partial charge in [-0.05, 0) is 18.6 Å². The van der Waals surface area contributed by atoms with Crippen LogP contribution in [-0.4, -0.2) is 5.78 Å². The fourth-order valence-electron chi connectivity index (χ4n) is 2.18. The summed E-state index contributed by atoms with van der Waals surface area (Å²) < 4.78 is 0. The van der Waals surface area contributed by atoms with Crippen molar-refractivity contribution in [1.82, 2.24) is 0 Å². The highest BCUT2D eigenvalue weighted by atomic mass is 32.2. The van der Waals surface area contributed by atoms with Crippen molar-refractivity contribution in [3.63, 3.8) is 0 Å². The van der Waals surface area contributed by atoms with Crippen LogP contribution in [0, 0.1) is 0 Å². The first-order valence-electron chi connectivity index (χ1n) is 5.32. The van der Waals surface area contributed by atoms with E-state index in [2.05, 4.69) is 12.1 Å². The third kappa shape index (κ3) is 1.59. The number of rotatable bonds is 1. The zero-order chi connectivity index (χ0) is 12.0. The summed E-state index contributed by atoms with van der Waals surface area (Å²) in [7, 11) is 0. The Morgan fingerprint density at radius 3 is 2.88 bits per heavy atom. The number of carbonyl (C=O) groups excluding carboxylic acids is 1. The molecule has 0 bridgehead atoms. The molecule has 0 aliphatic carbocycles. The smallest absolute Gasteiger partial charge is 0.163 e. The molecule has 1 aliphatic heterocycles. The highest BCUT2D eigenvalue weighted by Gasteiger charge is 2.25. The number of anilines is 1. The predicted molar refractivity (Wildman–Crippen MR) is 73.7 cm³/mol. The topological polar surface area (TPSA) is 43.1 Å². The van der Waals surface area contributed by atoms with Gasteiger partial charge in [0, 0.05) is 21.1 Å². The molecule has 1 aliphatic rings. The van der Waals surface area contributed by atoms with Crippen molar-refractivity contribution in [1.29, 1.82) is 0 Å². The third-order valence-electron chi connectivity index (χ3n) is 2.88. The highest BCUT2D eigenvalue weighted by Crippen LogP contribution is 2.48. The summed E-state index contributed by atoms with van der Waals surface area (Å²) in [6.45, 7) is 1.59. The SMILES string of the molecule is CC(=O)c1c(N)sc2c1-c1ccccc1SC2. The van der Waals surface area contributed by atoms with E-state index in [9.17, 15) is 4.79 Å². The van der Waals surface area contributed by atoms with Crippen LogP contribution in [0.1, 0.15) is 22.2 Å². The van der Waals surface area contributed by atoms with Crippen LogP contribution in [0.25, 0.3) is 11.1 Å². The van der Waals surface area contributed by atoms with Crippen LogP contribution in [0.15, 0.2) is 29.2 Å². The molecule has 0 fully saturated rings. The molecule has 4 heteroatoms. The lowest BCUT2D eigenvalue weighted by Gasteiger charge is -2.16. The minimum atomic E-state index is 0.0571. The van der Waals surface area contributed by atoms with Crippen molar-refractivity contribution in [2.24, 2.45) is 0 Å². The molecule has 2 aromatic rings. The Labute approximate surface area is 108 Å². The van der Waals surface area contributed by atoms with E-state index in [1.165, 1.54) is 9.77 Å². The summed E-state index contributed by atoms with van der Waals surface area (Å²) >= 11 is 3.35. The molecule has 3 rings (SSSR count). The first-order chi connectivity index (χ1) is 8.18. The van der Waals surface area contributed by atoms with Crippen molar-refractivity contribution in [2.75, 3.05) is 5.73 Å². The van der Waals surface area contributed by atoms with Gasteiger partial charge in [-0.3, -0.25) is 4.79 Å². The zero-order valence-electron chi connectivity index (χ0n) is 9.32. The second kappa shape index (κ2) is 3.89. The van der Waals surface area contributed by atoms with E-state index in [1.54, 1.807) is 18.3 Å². The van der Waals surface area contributed by atoms with Crippen LogP contribution in [0.2, 0.25) is 0 Å². The molecule has 2 heterocycles. The number of nitrogen functional groups attached to an aromatic ring is 1. The normalized spacial score (nSPS) is 13.0. The quantitative estimate of drug-likeness (QED) is 0.794. The van der Waals surface area contributed by atoms with E-state index >= 15 is 0 Å². The Balaban J connectivity index is 2.34. The maximum Gasteiger partial charge on any atom is 0.163 e. The Bertz CT molecular complexity index is 616. The number of thioether (sulfide) groups is 1. The van der Waals surface area contributed by atoms with Gasteiger partial charge in [0.25, 0.3) is 0 Å². The van der Waals surface area contributed by atoms with Crippen LogP contribution in [-0.2, 0) is 5.75 Å². The van der Waals surface area contributed by atoms with E-state index in [-0.39, 0.29) is 5.78 Å². The Morgan fingerprint density at radius 2 is 2.12 bits per heavy atom. The van der Waals surface area contributed by atoms with Gasteiger partial charge in [0.2, 0.25) is 0 Å². The third-order valence-corrected chi connectivity index (χ3v) is 5.18. The molecule has 2 N–H and O–H groups in total. The second-order valence-electron chi connectivity index (χ2n) is 3.98. The van der Waals surface area contributed by atoms with Crippen LogP contribution in [0.4, 0.5) is 5.00 Å². The van der Waals surface area contributed by atoms with Gasteiger partial charge in [-0.25, -0.2) is 0 Å². The van der Waals surface area contributed by atoms with Crippen LogP contribution >= 0.6 is 23.1 Å². The summed E-state index contributed by atoms with van der Waals surface area (Å²) in [6.07, 6.45) is 0. The van der Waals surface area contributed by atoms with Crippen molar-refractivity contribution in [2.45, 2.75) is 17.6 Å². The van der Waals surface area contributed by atoms with Crippen molar-refractivity contribution < 1.29 is 4.79 Å². The maximum absolute atomic E-state index is 11.7. The molecule has 0 unspecified atom stereocenters.